The average molecular weight is 318 g/mol. The van der Waals surface area contributed by atoms with Gasteiger partial charge in [0.15, 0.2) is 0 Å². The van der Waals surface area contributed by atoms with E-state index in [4.69, 9.17) is 9.84 Å². The Bertz CT molecular complexity index is 395. The molecular weight excluding hydrogens is 296 g/mol. The lowest BCUT2D eigenvalue weighted by molar-refractivity contribution is -0.138. The predicted molar refractivity (Wildman–Crippen MR) is 78.5 cm³/mol. The lowest BCUT2D eigenvalue weighted by Gasteiger charge is -2.42. The van der Waals surface area contributed by atoms with Crippen LogP contribution >= 0.6 is 11.8 Å². The molecule has 0 aliphatic carbocycles. The van der Waals surface area contributed by atoms with Crippen molar-refractivity contribution in [3.8, 4) is 0 Å². The van der Waals surface area contributed by atoms with Crippen molar-refractivity contribution in [2.45, 2.75) is 31.6 Å². The summed E-state index contributed by atoms with van der Waals surface area (Å²) >= 11 is 1.68. The Hall–Kier alpha value is -0.990. The molecule has 0 saturated carbocycles. The van der Waals surface area contributed by atoms with E-state index in [0.717, 1.165) is 5.75 Å². The molecule has 2 heterocycles. The highest BCUT2D eigenvalue weighted by Gasteiger charge is 2.35. The summed E-state index contributed by atoms with van der Waals surface area (Å²) in [5.41, 5.74) is 0. The Kier molecular flexibility index (Phi) is 5.72. The number of carboxylic acid groups (broad SMARTS) is 1. The van der Waals surface area contributed by atoms with Gasteiger partial charge >= 0.3 is 12.0 Å². The van der Waals surface area contributed by atoms with Crippen LogP contribution in [0.3, 0.4) is 0 Å². The summed E-state index contributed by atoms with van der Waals surface area (Å²) in [6, 6.07) is -0.408. The first-order valence-electron chi connectivity index (χ1n) is 7.12. The summed E-state index contributed by atoms with van der Waals surface area (Å²) in [6.07, 6.45) is -0.520. The van der Waals surface area contributed by atoms with Crippen LogP contribution in [-0.4, -0.2) is 88.0 Å². The maximum absolute atomic E-state index is 12.7. The molecule has 21 heavy (non-hydrogen) atoms. The van der Waals surface area contributed by atoms with Crippen LogP contribution in [0.1, 0.15) is 13.3 Å². The van der Waals surface area contributed by atoms with E-state index in [2.05, 4.69) is 0 Å². The fraction of sp³-hybridized carbons (Fsp3) is 0.846. The highest BCUT2D eigenvalue weighted by Crippen LogP contribution is 2.22. The van der Waals surface area contributed by atoms with E-state index < -0.39 is 5.97 Å². The molecule has 0 bridgehead atoms. The third-order valence-electron chi connectivity index (χ3n) is 3.68. The number of thioether (sulfide) groups is 1. The number of hydrogen-bond acceptors (Lipinski definition) is 5. The zero-order valence-electron chi connectivity index (χ0n) is 12.1. The molecule has 3 atom stereocenters. The van der Waals surface area contributed by atoms with Gasteiger partial charge in [-0.3, -0.25) is 4.79 Å². The quantitative estimate of drug-likeness (QED) is 0.766. The zero-order chi connectivity index (χ0) is 15.4. The topological polar surface area (TPSA) is 90.3 Å². The predicted octanol–water partition coefficient (Wildman–Crippen LogP) is 0.0801. The highest BCUT2D eigenvalue weighted by atomic mass is 32.2. The monoisotopic (exact) mass is 318 g/mol. The van der Waals surface area contributed by atoms with Crippen LogP contribution in [0, 0.1) is 0 Å². The number of carboxylic acids is 1. The normalized spacial score (nSPS) is 30.3. The number of nitrogens with zero attached hydrogens (tertiary/aromatic N) is 2. The van der Waals surface area contributed by atoms with E-state index in [1.54, 1.807) is 21.6 Å². The van der Waals surface area contributed by atoms with Gasteiger partial charge in [-0.05, 0) is 6.92 Å². The van der Waals surface area contributed by atoms with Gasteiger partial charge < -0.3 is 24.7 Å². The van der Waals surface area contributed by atoms with E-state index in [-0.39, 0.29) is 37.3 Å². The Morgan fingerprint density at radius 1 is 1.38 bits per heavy atom. The lowest BCUT2D eigenvalue weighted by atomic mass is 10.2. The van der Waals surface area contributed by atoms with Crippen LogP contribution in [0.15, 0.2) is 0 Å². The van der Waals surface area contributed by atoms with Gasteiger partial charge in [-0.25, -0.2) is 4.79 Å². The van der Waals surface area contributed by atoms with E-state index in [1.807, 2.05) is 6.92 Å². The molecule has 2 rings (SSSR count). The molecule has 8 heteroatoms. The van der Waals surface area contributed by atoms with Crippen molar-refractivity contribution in [3.05, 3.63) is 0 Å². The second-order valence-corrected chi connectivity index (χ2v) is 6.61. The van der Waals surface area contributed by atoms with Crippen LogP contribution in [0.4, 0.5) is 4.79 Å². The number of aliphatic hydroxyl groups excluding tert-OH is 1. The maximum atomic E-state index is 12.7. The minimum Gasteiger partial charge on any atom is -0.481 e. The molecule has 2 aliphatic heterocycles. The van der Waals surface area contributed by atoms with Crippen molar-refractivity contribution in [3.63, 3.8) is 0 Å². The number of morpholine rings is 1. The number of rotatable bonds is 3. The summed E-state index contributed by atoms with van der Waals surface area (Å²) in [4.78, 5) is 26.9. The summed E-state index contributed by atoms with van der Waals surface area (Å²) in [7, 11) is 0. The first kappa shape index (κ1) is 16.4. The number of carbonyl (C=O) groups excluding carboxylic acids is 1. The van der Waals surface area contributed by atoms with Gasteiger partial charge in [0.1, 0.15) is 0 Å². The van der Waals surface area contributed by atoms with E-state index in [9.17, 15) is 14.7 Å². The molecule has 0 radical (unpaired) electrons. The van der Waals surface area contributed by atoms with E-state index >= 15 is 0 Å². The molecule has 2 aliphatic rings. The second-order valence-electron chi connectivity index (χ2n) is 5.46. The van der Waals surface area contributed by atoms with E-state index in [0.29, 0.717) is 25.4 Å². The fourth-order valence-electron chi connectivity index (χ4n) is 2.76. The molecule has 0 aromatic rings. The third kappa shape index (κ3) is 4.24. The van der Waals surface area contributed by atoms with Gasteiger partial charge in [0, 0.05) is 24.6 Å². The lowest BCUT2D eigenvalue weighted by Crippen LogP contribution is -2.58. The third-order valence-corrected chi connectivity index (χ3v) is 4.78. The van der Waals surface area contributed by atoms with Crippen LogP contribution in [-0.2, 0) is 9.53 Å². The summed E-state index contributed by atoms with van der Waals surface area (Å²) in [5, 5.41) is 18.2. The number of aliphatic carboxylic acids is 1. The van der Waals surface area contributed by atoms with Gasteiger partial charge in [-0.15, -0.1) is 0 Å². The van der Waals surface area contributed by atoms with Gasteiger partial charge in [-0.2, -0.15) is 11.8 Å². The van der Waals surface area contributed by atoms with E-state index in [1.165, 1.54) is 0 Å². The molecule has 0 aromatic carbocycles. The molecule has 120 valence electrons. The summed E-state index contributed by atoms with van der Waals surface area (Å²) in [6.45, 7) is 3.13. The molecule has 2 saturated heterocycles. The molecule has 7 nitrogen and oxygen atoms in total. The van der Waals surface area contributed by atoms with Crippen LogP contribution in [0.25, 0.3) is 0 Å². The zero-order valence-corrected chi connectivity index (χ0v) is 12.9. The Morgan fingerprint density at radius 3 is 2.81 bits per heavy atom. The Morgan fingerprint density at radius 2 is 2.14 bits per heavy atom. The van der Waals surface area contributed by atoms with Crippen molar-refractivity contribution >= 4 is 23.8 Å². The molecule has 2 amide bonds. The Balaban J connectivity index is 2.03. The minimum atomic E-state index is -0.885. The average Bonchev–Trinajstić information content (AvgIpc) is 2.45. The minimum absolute atomic E-state index is 0.0257. The maximum Gasteiger partial charge on any atom is 0.320 e. The standard InChI is InChI=1S/C13H22N2O5S/c1-9-5-14(6-11(7-16)20-9)13(19)15-2-3-21-8-10(15)4-12(17)18/h9-11,16H,2-8H2,1H3,(H,17,18). The number of carbonyl (C=O) groups is 2. The van der Waals surface area contributed by atoms with Gasteiger partial charge in [0.05, 0.1) is 37.8 Å². The number of amides is 2. The van der Waals surface area contributed by atoms with Crippen molar-refractivity contribution in [1.29, 1.82) is 0 Å². The first-order chi connectivity index (χ1) is 10.0. The fourth-order valence-corrected chi connectivity index (χ4v) is 3.82. The Labute approximate surface area is 128 Å². The number of aliphatic hydroxyl groups is 1. The molecular formula is C13H22N2O5S. The van der Waals surface area contributed by atoms with Crippen LogP contribution in [0.5, 0.6) is 0 Å². The first-order valence-corrected chi connectivity index (χ1v) is 8.28. The van der Waals surface area contributed by atoms with Crippen LogP contribution in [0.2, 0.25) is 0 Å². The van der Waals surface area contributed by atoms with Gasteiger partial charge in [0.25, 0.3) is 0 Å². The van der Waals surface area contributed by atoms with Crippen LogP contribution < -0.4 is 0 Å². The molecule has 0 spiro atoms. The number of urea groups is 1. The van der Waals surface area contributed by atoms with Gasteiger partial charge in [-0.1, -0.05) is 0 Å². The largest absolute Gasteiger partial charge is 0.481 e. The molecule has 2 fully saturated rings. The molecule has 3 unspecified atom stereocenters. The van der Waals surface area contributed by atoms with Crippen molar-refractivity contribution < 1.29 is 24.5 Å². The SMILES string of the molecule is CC1CN(C(=O)N2CCSCC2CC(=O)O)CC(CO)O1. The molecule has 0 aromatic heterocycles. The summed E-state index contributed by atoms with van der Waals surface area (Å²) < 4.78 is 5.53. The van der Waals surface area contributed by atoms with Gasteiger partial charge in [0.2, 0.25) is 0 Å². The summed E-state index contributed by atoms with van der Waals surface area (Å²) in [5.74, 6) is 0.593. The second kappa shape index (κ2) is 7.33. The molecule has 2 N–H and O–H groups in total. The van der Waals surface area contributed by atoms with Crippen molar-refractivity contribution in [2.75, 3.05) is 37.7 Å². The highest BCUT2D eigenvalue weighted by molar-refractivity contribution is 7.99. The number of hydrogen-bond donors (Lipinski definition) is 2. The van der Waals surface area contributed by atoms with Crippen molar-refractivity contribution in [1.82, 2.24) is 9.80 Å². The number of ether oxygens (including phenoxy) is 1. The smallest absolute Gasteiger partial charge is 0.320 e. The van der Waals surface area contributed by atoms with Crippen molar-refractivity contribution in [2.24, 2.45) is 0 Å².